The quantitative estimate of drug-likeness (QED) is 0.215. The smallest absolute Gasteiger partial charge is 0.111 e. The summed E-state index contributed by atoms with van der Waals surface area (Å²) in [5.74, 6) is 4.62. The molecule has 0 aliphatic heterocycles. The van der Waals surface area contributed by atoms with Crippen LogP contribution in [0.15, 0.2) is 0 Å². The van der Waals surface area contributed by atoms with E-state index in [0.717, 1.165) is 0 Å². The number of aliphatic hydroxyl groups excluding tert-OH is 6. The summed E-state index contributed by atoms with van der Waals surface area (Å²) in [6, 6.07) is 0. The summed E-state index contributed by atoms with van der Waals surface area (Å²) in [5, 5.41) is 54.2. The Balaban J connectivity index is 4.22. The van der Waals surface area contributed by atoms with Crippen molar-refractivity contribution < 1.29 is 35.5 Å². The summed E-state index contributed by atoms with van der Waals surface area (Å²) in [5.41, 5.74) is 0. The Morgan fingerprint density at radius 1 is 0.867 bits per heavy atom. The molecule has 0 heterocycles. The Morgan fingerprint density at radius 2 is 1.33 bits per heavy atom. The van der Waals surface area contributed by atoms with Crippen LogP contribution in [0.5, 0.6) is 0 Å². The number of hydrogen-bond donors (Lipinski definition) is 7. The molecule has 8 heteroatoms. The Hall–Kier alpha value is -0.320. The van der Waals surface area contributed by atoms with Gasteiger partial charge in [-0.15, -0.1) is 0 Å². The lowest BCUT2D eigenvalue weighted by Gasteiger charge is -2.27. The molecular formula is C7H17NO7. The van der Waals surface area contributed by atoms with Gasteiger partial charge in [0.05, 0.1) is 13.2 Å². The highest BCUT2D eigenvalue weighted by Gasteiger charge is 2.33. The first-order valence-electron chi connectivity index (χ1n) is 4.28. The zero-order chi connectivity index (χ0) is 12.0. The van der Waals surface area contributed by atoms with Gasteiger partial charge in [-0.1, -0.05) is 0 Å². The predicted molar refractivity (Wildman–Crippen MR) is 47.3 cm³/mol. The van der Waals surface area contributed by atoms with Crippen molar-refractivity contribution in [3.63, 3.8) is 0 Å². The molecule has 5 atom stereocenters. The summed E-state index contributed by atoms with van der Waals surface area (Å²) in [6.45, 7) is -1.23. The average Bonchev–Trinajstić information content (AvgIpc) is 2.25. The molecular weight excluding hydrogens is 210 g/mol. The van der Waals surface area contributed by atoms with Crippen LogP contribution in [0.25, 0.3) is 0 Å². The molecule has 0 aromatic carbocycles. The van der Waals surface area contributed by atoms with Gasteiger partial charge in [-0.05, 0) is 0 Å². The summed E-state index contributed by atoms with van der Waals surface area (Å²) >= 11 is 0. The van der Waals surface area contributed by atoms with Crippen molar-refractivity contribution in [2.45, 2.75) is 30.5 Å². The van der Waals surface area contributed by atoms with Gasteiger partial charge in [-0.25, -0.2) is 5.90 Å². The fraction of sp³-hybridized carbons (Fsp3) is 1.00. The van der Waals surface area contributed by atoms with Crippen LogP contribution in [-0.4, -0.2) is 74.4 Å². The molecule has 8 N–H and O–H groups in total. The fourth-order valence-electron chi connectivity index (χ4n) is 0.962. The normalized spacial score (nSPS) is 21.8. The SMILES string of the molecule is NOC[C@H](O)[C@H](O)[C@H](O)[C@H](O)C(O)CO. The van der Waals surface area contributed by atoms with Crippen molar-refractivity contribution in [1.29, 1.82) is 0 Å². The minimum Gasteiger partial charge on any atom is -0.394 e. The highest BCUT2D eigenvalue weighted by Crippen LogP contribution is 2.08. The molecule has 0 saturated carbocycles. The third-order valence-corrected chi connectivity index (χ3v) is 1.94. The van der Waals surface area contributed by atoms with Crippen LogP contribution in [0, 0.1) is 0 Å². The van der Waals surface area contributed by atoms with Gasteiger partial charge in [0, 0.05) is 0 Å². The molecule has 92 valence electrons. The molecule has 0 aromatic heterocycles. The lowest BCUT2D eigenvalue weighted by Crippen LogP contribution is -2.51. The van der Waals surface area contributed by atoms with Gasteiger partial charge < -0.3 is 35.5 Å². The number of hydrogen-bond acceptors (Lipinski definition) is 8. The van der Waals surface area contributed by atoms with Crippen LogP contribution in [0.1, 0.15) is 0 Å². The van der Waals surface area contributed by atoms with E-state index >= 15 is 0 Å². The Morgan fingerprint density at radius 3 is 1.73 bits per heavy atom. The van der Waals surface area contributed by atoms with Crippen molar-refractivity contribution >= 4 is 0 Å². The molecule has 0 aromatic rings. The van der Waals surface area contributed by atoms with E-state index in [-0.39, 0.29) is 0 Å². The summed E-state index contributed by atoms with van der Waals surface area (Å²) < 4.78 is 0. The molecule has 0 rings (SSSR count). The molecule has 15 heavy (non-hydrogen) atoms. The average molecular weight is 227 g/mol. The first-order chi connectivity index (χ1) is 6.95. The minimum absolute atomic E-state index is 0.444. The first-order valence-corrected chi connectivity index (χ1v) is 4.28. The molecule has 1 unspecified atom stereocenters. The lowest BCUT2D eigenvalue weighted by molar-refractivity contribution is -0.149. The Bertz CT molecular complexity index is 169. The van der Waals surface area contributed by atoms with Gasteiger partial charge in [-0.3, -0.25) is 0 Å². The highest BCUT2D eigenvalue weighted by atomic mass is 16.6. The molecule has 0 amide bonds. The predicted octanol–water partition coefficient (Wildman–Crippen LogP) is -4.33. The Labute approximate surface area is 86.1 Å². The summed E-state index contributed by atoms with van der Waals surface area (Å²) in [7, 11) is 0. The van der Waals surface area contributed by atoms with Crippen molar-refractivity contribution in [2.24, 2.45) is 5.90 Å². The summed E-state index contributed by atoms with van der Waals surface area (Å²) in [4.78, 5) is 4.03. The zero-order valence-electron chi connectivity index (χ0n) is 7.97. The van der Waals surface area contributed by atoms with Crippen LogP contribution >= 0.6 is 0 Å². The second kappa shape index (κ2) is 7.04. The monoisotopic (exact) mass is 227 g/mol. The van der Waals surface area contributed by atoms with E-state index in [2.05, 4.69) is 10.7 Å². The van der Waals surface area contributed by atoms with E-state index in [9.17, 15) is 15.3 Å². The van der Waals surface area contributed by atoms with Gasteiger partial charge >= 0.3 is 0 Å². The van der Waals surface area contributed by atoms with Gasteiger partial charge in [0.2, 0.25) is 0 Å². The highest BCUT2D eigenvalue weighted by molar-refractivity contribution is 4.84. The van der Waals surface area contributed by atoms with Crippen LogP contribution in [-0.2, 0) is 4.84 Å². The topological polar surface area (TPSA) is 157 Å². The fourth-order valence-corrected chi connectivity index (χ4v) is 0.962. The van der Waals surface area contributed by atoms with Crippen LogP contribution in [0.2, 0.25) is 0 Å². The summed E-state index contributed by atoms with van der Waals surface area (Å²) in [6.07, 6.45) is -8.47. The maximum absolute atomic E-state index is 9.26. The van der Waals surface area contributed by atoms with Crippen LogP contribution < -0.4 is 5.90 Å². The molecule has 0 aliphatic rings. The van der Waals surface area contributed by atoms with Crippen molar-refractivity contribution in [3.8, 4) is 0 Å². The van der Waals surface area contributed by atoms with E-state index < -0.39 is 43.7 Å². The van der Waals surface area contributed by atoms with E-state index in [1.54, 1.807) is 0 Å². The second-order valence-corrected chi connectivity index (χ2v) is 3.12. The maximum Gasteiger partial charge on any atom is 0.111 e. The van der Waals surface area contributed by atoms with Gasteiger partial charge in [0.25, 0.3) is 0 Å². The molecule has 0 fully saturated rings. The molecule has 0 aliphatic carbocycles. The number of nitrogens with two attached hydrogens (primary N) is 1. The minimum atomic E-state index is -1.82. The van der Waals surface area contributed by atoms with Crippen molar-refractivity contribution in [1.82, 2.24) is 0 Å². The van der Waals surface area contributed by atoms with Crippen LogP contribution in [0.3, 0.4) is 0 Å². The number of rotatable bonds is 7. The number of aliphatic hydroxyl groups is 6. The molecule has 8 nitrogen and oxygen atoms in total. The van der Waals surface area contributed by atoms with Crippen molar-refractivity contribution in [2.75, 3.05) is 13.2 Å². The first kappa shape index (κ1) is 14.7. The van der Waals surface area contributed by atoms with E-state index in [1.165, 1.54) is 0 Å². The third kappa shape index (κ3) is 4.36. The standard InChI is InChI=1S/C7H17NO7/c8-15-2-4(11)6(13)7(14)5(12)3(10)1-9/h3-7,9-14H,1-2,8H2/t3?,4-,5+,6-,7+/m0/s1. The second-order valence-electron chi connectivity index (χ2n) is 3.12. The zero-order valence-corrected chi connectivity index (χ0v) is 7.97. The van der Waals surface area contributed by atoms with Crippen LogP contribution in [0.4, 0.5) is 0 Å². The van der Waals surface area contributed by atoms with Crippen molar-refractivity contribution in [3.05, 3.63) is 0 Å². The largest absolute Gasteiger partial charge is 0.394 e. The molecule has 0 spiro atoms. The van der Waals surface area contributed by atoms with E-state index in [1.807, 2.05) is 0 Å². The van der Waals surface area contributed by atoms with Gasteiger partial charge in [0.1, 0.15) is 30.5 Å². The molecule has 0 saturated heterocycles. The van der Waals surface area contributed by atoms with Gasteiger partial charge in [-0.2, -0.15) is 0 Å². The third-order valence-electron chi connectivity index (χ3n) is 1.94. The van der Waals surface area contributed by atoms with E-state index in [4.69, 9.17) is 15.3 Å². The Kier molecular flexibility index (Phi) is 6.89. The molecule has 0 radical (unpaired) electrons. The lowest BCUT2D eigenvalue weighted by atomic mass is 10.00. The maximum atomic E-state index is 9.26. The molecule has 0 bridgehead atoms. The van der Waals surface area contributed by atoms with E-state index in [0.29, 0.717) is 0 Å². The van der Waals surface area contributed by atoms with Gasteiger partial charge in [0.15, 0.2) is 0 Å².